The first-order chi connectivity index (χ1) is 11.4. The lowest BCUT2D eigenvalue weighted by molar-refractivity contribution is 0.0371. The minimum atomic E-state index is -0.588. The Morgan fingerprint density at radius 1 is 1.33 bits per heavy atom. The van der Waals surface area contributed by atoms with Crippen molar-refractivity contribution in [2.75, 3.05) is 10.6 Å². The fourth-order valence-electron chi connectivity index (χ4n) is 1.95. The zero-order valence-electron chi connectivity index (χ0n) is 13.7. The molecule has 0 bridgehead atoms. The van der Waals surface area contributed by atoms with Gasteiger partial charge in [-0.3, -0.25) is 4.68 Å². The van der Waals surface area contributed by atoms with Gasteiger partial charge in [0.15, 0.2) is 5.69 Å². The second kappa shape index (κ2) is 7.83. The molecule has 0 unspecified atom stereocenters. The molecule has 0 aliphatic carbocycles. The van der Waals surface area contributed by atoms with Gasteiger partial charge in [0.05, 0.1) is 11.8 Å². The highest BCUT2D eigenvalue weighted by molar-refractivity contribution is 6.30. The maximum Gasteiger partial charge on any atom is 0.361 e. The normalized spacial score (nSPS) is 10.5. The number of aromatic nitrogens is 2. The molecular weight excluding hydrogens is 332 g/mol. The summed E-state index contributed by atoms with van der Waals surface area (Å²) >= 11 is 5.88. The molecule has 0 saturated carbocycles. The van der Waals surface area contributed by atoms with Crippen molar-refractivity contribution in [3.63, 3.8) is 0 Å². The molecule has 2 rings (SSSR count). The molecule has 8 heteroatoms. The minimum Gasteiger partial charge on any atom is -0.458 e. The number of nitrogens with zero attached hydrogens (tertiary/aromatic N) is 2. The van der Waals surface area contributed by atoms with Crippen molar-refractivity contribution in [3.8, 4) is 0 Å². The first kappa shape index (κ1) is 17.8. The van der Waals surface area contributed by atoms with Gasteiger partial charge in [0.25, 0.3) is 0 Å². The Hall–Kier alpha value is -2.54. The summed E-state index contributed by atoms with van der Waals surface area (Å²) in [6, 6.07) is 6.24. The molecular formula is C16H19ClN4O3. The van der Waals surface area contributed by atoms with Crippen molar-refractivity contribution in [2.45, 2.75) is 33.4 Å². The maximum absolute atomic E-state index is 12.1. The fourth-order valence-corrected chi connectivity index (χ4v) is 2.14. The number of carbonyl (C=O) groups excluding carboxylic acids is 2. The summed E-state index contributed by atoms with van der Waals surface area (Å²) < 4.78 is 6.69. The van der Waals surface area contributed by atoms with Gasteiger partial charge in [-0.1, -0.05) is 17.7 Å². The maximum atomic E-state index is 12.1. The minimum absolute atomic E-state index is 0.0618. The van der Waals surface area contributed by atoms with E-state index in [0.29, 0.717) is 17.3 Å². The molecule has 24 heavy (non-hydrogen) atoms. The number of esters is 1. The van der Waals surface area contributed by atoms with E-state index in [1.807, 2.05) is 6.92 Å². The number of urea groups is 1. The van der Waals surface area contributed by atoms with E-state index in [1.54, 1.807) is 49.0 Å². The van der Waals surface area contributed by atoms with E-state index in [1.165, 1.54) is 0 Å². The molecule has 1 heterocycles. The molecule has 0 aliphatic rings. The van der Waals surface area contributed by atoms with E-state index >= 15 is 0 Å². The zero-order chi connectivity index (χ0) is 17.7. The lowest BCUT2D eigenvalue weighted by atomic mass is 10.3. The van der Waals surface area contributed by atoms with Gasteiger partial charge in [0.1, 0.15) is 0 Å². The predicted octanol–water partition coefficient (Wildman–Crippen LogP) is 3.77. The molecule has 0 atom stereocenters. The van der Waals surface area contributed by atoms with Crippen molar-refractivity contribution in [1.82, 2.24) is 9.78 Å². The number of benzene rings is 1. The lowest BCUT2D eigenvalue weighted by Gasteiger charge is -2.09. The third kappa shape index (κ3) is 4.73. The molecule has 1 aromatic carbocycles. The molecule has 7 nitrogen and oxygen atoms in total. The van der Waals surface area contributed by atoms with E-state index in [9.17, 15) is 9.59 Å². The summed E-state index contributed by atoms with van der Waals surface area (Å²) in [5.74, 6) is -0.588. The van der Waals surface area contributed by atoms with Crippen LogP contribution in [0.5, 0.6) is 0 Å². The first-order valence-electron chi connectivity index (χ1n) is 7.51. The molecule has 0 saturated heterocycles. The third-order valence-electron chi connectivity index (χ3n) is 2.95. The van der Waals surface area contributed by atoms with E-state index in [-0.39, 0.29) is 17.5 Å². The number of rotatable bonds is 5. The molecule has 2 N–H and O–H groups in total. The number of amides is 2. The van der Waals surface area contributed by atoms with Crippen LogP contribution in [-0.2, 0) is 11.3 Å². The summed E-state index contributed by atoms with van der Waals surface area (Å²) in [5, 5.41) is 9.89. The second-order valence-corrected chi connectivity index (χ2v) is 5.73. The summed E-state index contributed by atoms with van der Waals surface area (Å²) in [7, 11) is 0. The Kier molecular flexibility index (Phi) is 5.81. The van der Waals surface area contributed by atoms with E-state index < -0.39 is 12.0 Å². The van der Waals surface area contributed by atoms with Crippen LogP contribution in [0.15, 0.2) is 30.5 Å². The number of ether oxygens (including phenoxy) is 1. The molecule has 0 spiro atoms. The van der Waals surface area contributed by atoms with Gasteiger partial charge in [0, 0.05) is 23.5 Å². The van der Waals surface area contributed by atoms with Crippen molar-refractivity contribution in [2.24, 2.45) is 0 Å². The second-order valence-electron chi connectivity index (χ2n) is 5.29. The standard InChI is InChI=1S/C16H19ClN4O3/c1-4-21-9-13(14(20-21)15(22)24-10(2)3)19-16(23)18-12-7-5-6-11(17)8-12/h5-10H,4H2,1-3H3,(H2,18,19,23). The Labute approximate surface area is 144 Å². The average Bonchev–Trinajstić information content (AvgIpc) is 2.89. The number of hydrogen-bond donors (Lipinski definition) is 2. The lowest BCUT2D eigenvalue weighted by Crippen LogP contribution is -2.21. The van der Waals surface area contributed by atoms with Crippen LogP contribution in [0.25, 0.3) is 0 Å². The number of aryl methyl sites for hydroxylation is 1. The fraction of sp³-hybridized carbons (Fsp3) is 0.312. The summed E-state index contributed by atoms with van der Waals surface area (Å²) in [4.78, 5) is 24.2. The summed E-state index contributed by atoms with van der Waals surface area (Å²) in [6.45, 7) is 5.92. The smallest absolute Gasteiger partial charge is 0.361 e. The SMILES string of the molecule is CCn1cc(NC(=O)Nc2cccc(Cl)c2)c(C(=O)OC(C)C)n1. The molecule has 128 valence electrons. The van der Waals surface area contributed by atoms with E-state index in [0.717, 1.165) is 0 Å². The van der Waals surface area contributed by atoms with Gasteiger partial charge in [-0.05, 0) is 39.0 Å². The van der Waals surface area contributed by atoms with Crippen molar-refractivity contribution >= 4 is 35.0 Å². The molecule has 0 aliphatic heterocycles. The van der Waals surface area contributed by atoms with Crippen LogP contribution < -0.4 is 10.6 Å². The van der Waals surface area contributed by atoms with Gasteiger partial charge in [-0.2, -0.15) is 5.10 Å². The van der Waals surface area contributed by atoms with Crippen LogP contribution >= 0.6 is 11.6 Å². The molecule has 0 fully saturated rings. The molecule has 0 radical (unpaired) electrons. The topological polar surface area (TPSA) is 85.2 Å². The highest BCUT2D eigenvalue weighted by Gasteiger charge is 2.20. The van der Waals surface area contributed by atoms with Crippen LogP contribution in [0.4, 0.5) is 16.2 Å². The van der Waals surface area contributed by atoms with Gasteiger partial charge in [0.2, 0.25) is 0 Å². The van der Waals surface area contributed by atoms with Gasteiger partial charge in [-0.15, -0.1) is 0 Å². The van der Waals surface area contributed by atoms with Crippen molar-refractivity contribution in [3.05, 3.63) is 41.2 Å². The number of halogens is 1. The van der Waals surface area contributed by atoms with Crippen LogP contribution in [0.2, 0.25) is 5.02 Å². The number of hydrogen-bond acceptors (Lipinski definition) is 4. The number of nitrogens with one attached hydrogen (secondary N) is 2. The van der Waals surface area contributed by atoms with Crippen molar-refractivity contribution < 1.29 is 14.3 Å². The molecule has 1 aromatic heterocycles. The van der Waals surface area contributed by atoms with Crippen LogP contribution in [0.1, 0.15) is 31.3 Å². The van der Waals surface area contributed by atoms with Crippen LogP contribution in [0, 0.1) is 0 Å². The van der Waals surface area contributed by atoms with E-state index in [2.05, 4.69) is 15.7 Å². The Morgan fingerprint density at radius 3 is 2.71 bits per heavy atom. The van der Waals surface area contributed by atoms with Gasteiger partial charge < -0.3 is 15.4 Å². The van der Waals surface area contributed by atoms with Gasteiger partial charge in [-0.25, -0.2) is 9.59 Å². The largest absolute Gasteiger partial charge is 0.458 e. The average molecular weight is 351 g/mol. The van der Waals surface area contributed by atoms with E-state index in [4.69, 9.17) is 16.3 Å². The van der Waals surface area contributed by atoms with Crippen molar-refractivity contribution in [1.29, 1.82) is 0 Å². The highest BCUT2D eigenvalue weighted by Crippen LogP contribution is 2.18. The molecule has 2 amide bonds. The monoisotopic (exact) mass is 350 g/mol. The highest BCUT2D eigenvalue weighted by atomic mass is 35.5. The van der Waals surface area contributed by atoms with Crippen LogP contribution in [0.3, 0.4) is 0 Å². The zero-order valence-corrected chi connectivity index (χ0v) is 14.4. The predicted molar refractivity (Wildman–Crippen MR) is 92.5 cm³/mol. The van der Waals surface area contributed by atoms with Gasteiger partial charge >= 0.3 is 12.0 Å². The summed E-state index contributed by atoms with van der Waals surface area (Å²) in [6.07, 6.45) is 1.30. The Morgan fingerprint density at radius 2 is 2.08 bits per heavy atom. The van der Waals surface area contributed by atoms with Crippen LogP contribution in [-0.4, -0.2) is 27.9 Å². The number of carbonyl (C=O) groups is 2. The Balaban J connectivity index is 2.14. The third-order valence-corrected chi connectivity index (χ3v) is 3.19. The first-order valence-corrected chi connectivity index (χ1v) is 7.88. The molecule has 2 aromatic rings. The quantitative estimate of drug-likeness (QED) is 0.804. The number of anilines is 2. The Bertz CT molecular complexity index is 743. The summed E-state index contributed by atoms with van der Waals surface area (Å²) in [5.41, 5.74) is 0.878.